The highest BCUT2D eigenvalue weighted by atomic mass is 19.4. The first-order valence-electron chi connectivity index (χ1n) is 4.62. The van der Waals surface area contributed by atoms with Crippen molar-refractivity contribution in [1.29, 1.82) is 0 Å². The van der Waals surface area contributed by atoms with Gasteiger partial charge < -0.3 is 5.11 Å². The number of hydrogen-bond acceptors (Lipinski definition) is 2. The van der Waals surface area contributed by atoms with Crippen molar-refractivity contribution in [2.45, 2.75) is 25.4 Å². The second kappa shape index (κ2) is 4.51. The van der Waals surface area contributed by atoms with Crippen LogP contribution in [0.5, 0.6) is 0 Å². The monoisotopic (exact) mass is 233 g/mol. The summed E-state index contributed by atoms with van der Waals surface area (Å²) in [5.74, 6) is -2.52. The van der Waals surface area contributed by atoms with Crippen molar-refractivity contribution < 1.29 is 23.1 Å². The van der Waals surface area contributed by atoms with Gasteiger partial charge in [-0.05, 0) is 18.6 Å². The molecule has 1 aromatic heterocycles. The van der Waals surface area contributed by atoms with Crippen molar-refractivity contribution in [2.75, 3.05) is 0 Å². The van der Waals surface area contributed by atoms with Crippen LogP contribution in [0.15, 0.2) is 18.3 Å². The lowest BCUT2D eigenvalue weighted by Crippen LogP contribution is -2.18. The highest BCUT2D eigenvalue weighted by Gasteiger charge is 2.37. The molecule has 1 unspecified atom stereocenters. The highest BCUT2D eigenvalue weighted by molar-refractivity contribution is 5.75. The van der Waals surface area contributed by atoms with Gasteiger partial charge in [0.15, 0.2) is 0 Å². The van der Waals surface area contributed by atoms with E-state index in [1.165, 1.54) is 6.92 Å². The Hall–Kier alpha value is -1.59. The molecule has 3 nitrogen and oxygen atoms in total. The normalized spacial score (nSPS) is 13.5. The molecule has 0 saturated carbocycles. The SMILES string of the molecule is CCC(C(=O)O)c1ncccc1C(F)(F)F. The van der Waals surface area contributed by atoms with Crippen molar-refractivity contribution in [3.8, 4) is 0 Å². The summed E-state index contributed by atoms with van der Waals surface area (Å²) in [6, 6.07) is 1.98. The minimum absolute atomic E-state index is 0.0649. The van der Waals surface area contributed by atoms with Crippen molar-refractivity contribution in [3.63, 3.8) is 0 Å². The number of pyridine rings is 1. The molecule has 1 heterocycles. The minimum atomic E-state index is -4.58. The van der Waals surface area contributed by atoms with E-state index in [9.17, 15) is 18.0 Å². The fraction of sp³-hybridized carbons (Fsp3) is 0.400. The van der Waals surface area contributed by atoms with E-state index in [0.29, 0.717) is 0 Å². The molecule has 0 aromatic carbocycles. The van der Waals surface area contributed by atoms with Crippen LogP contribution in [0.25, 0.3) is 0 Å². The summed E-state index contributed by atoms with van der Waals surface area (Å²) in [4.78, 5) is 14.3. The summed E-state index contributed by atoms with van der Waals surface area (Å²) in [5, 5.41) is 8.81. The van der Waals surface area contributed by atoms with Crippen molar-refractivity contribution in [3.05, 3.63) is 29.6 Å². The molecular formula is C10H10F3NO2. The number of aromatic nitrogens is 1. The van der Waals surface area contributed by atoms with E-state index >= 15 is 0 Å². The Labute approximate surface area is 89.9 Å². The number of hydrogen-bond donors (Lipinski definition) is 1. The average Bonchev–Trinajstić information content (AvgIpc) is 2.17. The summed E-state index contributed by atoms with van der Waals surface area (Å²) in [6.45, 7) is 1.51. The van der Waals surface area contributed by atoms with Gasteiger partial charge in [0.05, 0.1) is 17.2 Å². The maximum Gasteiger partial charge on any atom is 0.418 e. The zero-order valence-corrected chi connectivity index (χ0v) is 8.45. The summed E-state index contributed by atoms with van der Waals surface area (Å²) in [5.41, 5.74) is -1.41. The summed E-state index contributed by atoms with van der Waals surface area (Å²) in [7, 11) is 0. The lowest BCUT2D eigenvalue weighted by Gasteiger charge is -2.15. The van der Waals surface area contributed by atoms with E-state index in [0.717, 1.165) is 18.3 Å². The highest BCUT2D eigenvalue weighted by Crippen LogP contribution is 2.34. The predicted octanol–water partition coefficient (Wildman–Crippen LogP) is 2.68. The molecule has 0 radical (unpaired) electrons. The second-order valence-electron chi connectivity index (χ2n) is 3.23. The number of rotatable bonds is 3. The molecule has 0 fully saturated rings. The molecule has 1 aromatic rings. The Balaban J connectivity index is 3.27. The molecule has 0 saturated heterocycles. The van der Waals surface area contributed by atoms with Crippen LogP contribution in [-0.4, -0.2) is 16.1 Å². The van der Waals surface area contributed by atoms with Crippen LogP contribution in [0.4, 0.5) is 13.2 Å². The number of halogens is 3. The molecule has 0 aliphatic rings. The Kier molecular flexibility index (Phi) is 3.51. The third-order valence-electron chi connectivity index (χ3n) is 2.18. The average molecular weight is 233 g/mol. The molecule has 0 bridgehead atoms. The molecule has 0 amide bonds. The maximum atomic E-state index is 12.6. The van der Waals surface area contributed by atoms with Crippen LogP contribution in [0.1, 0.15) is 30.5 Å². The number of alkyl halides is 3. The Morgan fingerprint density at radius 3 is 2.62 bits per heavy atom. The van der Waals surface area contributed by atoms with E-state index in [4.69, 9.17) is 5.11 Å². The Bertz CT molecular complexity index is 390. The van der Waals surface area contributed by atoms with Crippen LogP contribution in [-0.2, 0) is 11.0 Å². The number of carboxylic acids is 1. The van der Waals surface area contributed by atoms with Gasteiger partial charge >= 0.3 is 12.1 Å². The van der Waals surface area contributed by atoms with Crippen LogP contribution in [0, 0.1) is 0 Å². The first-order valence-corrected chi connectivity index (χ1v) is 4.62. The summed E-state index contributed by atoms with van der Waals surface area (Å²) >= 11 is 0. The number of carboxylic acid groups (broad SMARTS) is 1. The molecule has 6 heteroatoms. The third kappa shape index (κ3) is 2.50. The van der Waals surface area contributed by atoms with Crippen molar-refractivity contribution in [2.24, 2.45) is 0 Å². The number of aliphatic carboxylic acids is 1. The zero-order chi connectivity index (χ0) is 12.3. The van der Waals surface area contributed by atoms with E-state index < -0.39 is 29.3 Å². The van der Waals surface area contributed by atoms with Crippen molar-refractivity contribution in [1.82, 2.24) is 4.98 Å². The van der Waals surface area contributed by atoms with Crippen molar-refractivity contribution >= 4 is 5.97 Å². The lowest BCUT2D eigenvalue weighted by molar-refractivity contribution is -0.141. The smallest absolute Gasteiger partial charge is 0.418 e. The molecule has 16 heavy (non-hydrogen) atoms. The van der Waals surface area contributed by atoms with Gasteiger partial charge in [-0.25, -0.2) is 0 Å². The van der Waals surface area contributed by atoms with Crippen LogP contribution >= 0.6 is 0 Å². The Morgan fingerprint density at radius 2 is 2.19 bits per heavy atom. The third-order valence-corrected chi connectivity index (χ3v) is 2.18. The molecule has 0 aliphatic carbocycles. The Morgan fingerprint density at radius 1 is 1.56 bits per heavy atom. The first kappa shape index (κ1) is 12.5. The second-order valence-corrected chi connectivity index (χ2v) is 3.23. The molecule has 0 spiro atoms. The fourth-order valence-corrected chi connectivity index (χ4v) is 1.42. The van der Waals surface area contributed by atoms with E-state index in [2.05, 4.69) is 4.98 Å². The standard InChI is InChI=1S/C10H10F3NO2/c1-2-6(9(15)16)8-7(10(11,12)13)4-3-5-14-8/h3-6H,2H2,1H3,(H,15,16). The van der Waals surface area contributed by atoms with Gasteiger partial charge in [-0.1, -0.05) is 6.92 Å². The quantitative estimate of drug-likeness (QED) is 0.873. The van der Waals surface area contributed by atoms with E-state index in [1.807, 2.05) is 0 Å². The summed E-state index contributed by atoms with van der Waals surface area (Å²) in [6.07, 6.45) is -3.35. The number of nitrogens with zero attached hydrogens (tertiary/aromatic N) is 1. The summed E-state index contributed by atoms with van der Waals surface area (Å²) < 4.78 is 37.7. The molecule has 1 N–H and O–H groups in total. The van der Waals surface area contributed by atoms with Crippen LogP contribution in [0.2, 0.25) is 0 Å². The van der Waals surface area contributed by atoms with Crippen LogP contribution in [0.3, 0.4) is 0 Å². The van der Waals surface area contributed by atoms with Crippen LogP contribution < -0.4 is 0 Å². The largest absolute Gasteiger partial charge is 0.481 e. The minimum Gasteiger partial charge on any atom is -0.481 e. The molecule has 0 aliphatic heterocycles. The van der Waals surface area contributed by atoms with Gasteiger partial charge in [-0.2, -0.15) is 13.2 Å². The molecule has 1 rings (SSSR count). The van der Waals surface area contributed by atoms with Gasteiger partial charge in [-0.15, -0.1) is 0 Å². The van der Waals surface area contributed by atoms with Gasteiger partial charge in [0, 0.05) is 6.20 Å². The van der Waals surface area contributed by atoms with E-state index in [1.54, 1.807) is 0 Å². The van der Waals surface area contributed by atoms with Gasteiger partial charge in [0.1, 0.15) is 0 Å². The zero-order valence-electron chi connectivity index (χ0n) is 8.45. The van der Waals surface area contributed by atoms with E-state index in [-0.39, 0.29) is 6.42 Å². The molecule has 1 atom stereocenters. The van der Waals surface area contributed by atoms with Gasteiger partial charge in [-0.3, -0.25) is 9.78 Å². The molecular weight excluding hydrogens is 223 g/mol. The topological polar surface area (TPSA) is 50.2 Å². The van der Waals surface area contributed by atoms with Gasteiger partial charge in [0.2, 0.25) is 0 Å². The lowest BCUT2D eigenvalue weighted by atomic mass is 9.97. The predicted molar refractivity (Wildman–Crippen MR) is 49.9 cm³/mol. The fourth-order valence-electron chi connectivity index (χ4n) is 1.42. The molecule has 88 valence electrons. The maximum absolute atomic E-state index is 12.6. The number of carbonyl (C=O) groups is 1. The van der Waals surface area contributed by atoms with Gasteiger partial charge in [0.25, 0.3) is 0 Å². The first-order chi connectivity index (χ1) is 7.38.